The molecule has 1 aromatic rings. The SMILES string of the molecule is CCCCC(=O)Nc1ccc(C(=O)N/N=C/C(C)C)cc1. The van der Waals surface area contributed by atoms with Gasteiger partial charge in [-0.2, -0.15) is 5.10 Å². The van der Waals surface area contributed by atoms with Crippen LogP contribution in [0.2, 0.25) is 0 Å². The van der Waals surface area contributed by atoms with Gasteiger partial charge in [-0.1, -0.05) is 27.2 Å². The van der Waals surface area contributed by atoms with Crippen molar-refractivity contribution in [3.05, 3.63) is 29.8 Å². The number of rotatable bonds is 7. The van der Waals surface area contributed by atoms with Gasteiger partial charge in [0, 0.05) is 23.9 Å². The monoisotopic (exact) mass is 289 g/mol. The van der Waals surface area contributed by atoms with Gasteiger partial charge in [0.05, 0.1) is 0 Å². The number of nitrogens with one attached hydrogen (secondary N) is 2. The van der Waals surface area contributed by atoms with Gasteiger partial charge in [-0.15, -0.1) is 0 Å². The van der Waals surface area contributed by atoms with E-state index in [1.165, 1.54) is 0 Å². The van der Waals surface area contributed by atoms with E-state index < -0.39 is 0 Å². The van der Waals surface area contributed by atoms with Crippen LogP contribution in [0.5, 0.6) is 0 Å². The van der Waals surface area contributed by atoms with Crippen LogP contribution in [-0.2, 0) is 4.79 Å². The number of carbonyl (C=O) groups is 2. The Hall–Kier alpha value is -2.17. The molecule has 0 bridgehead atoms. The molecule has 0 unspecified atom stereocenters. The normalized spacial score (nSPS) is 10.9. The molecule has 0 aromatic heterocycles. The number of anilines is 1. The molecule has 0 heterocycles. The average molecular weight is 289 g/mol. The Bertz CT molecular complexity index is 493. The second-order valence-corrected chi connectivity index (χ2v) is 5.19. The Labute approximate surface area is 125 Å². The molecule has 114 valence electrons. The van der Waals surface area contributed by atoms with E-state index in [0.717, 1.165) is 12.8 Å². The third-order valence-corrected chi connectivity index (χ3v) is 2.73. The summed E-state index contributed by atoms with van der Waals surface area (Å²) in [6.07, 6.45) is 4.05. The number of hydrogen-bond donors (Lipinski definition) is 2. The molecule has 5 nitrogen and oxygen atoms in total. The fraction of sp³-hybridized carbons (Fsp3) is 0.438. The standard InChI is InChI=1S/C16H23N3O2/c1-4-5-6-15(20)18-14-9-7-13(8-10-14)16(21)19-17-11-12(2)3/h7-12H,4-6H2,1-3H3,(H,18,20)(H,19,21)/b17-11+. The van der Waals surface area contributed by atoms with E-state index in [2.05, 4.69) is 15.8 Å². The third-order valence-electron chi connectivity index (χ3n) is 2.73. The van der Waals surface area contributed by atoms with Gasteiger partial charge >= 0.3 is 0 Å². The number of nitrogens with zero attached hydrogens (tertiary/aromatic N) is 1. The lowest BCUT2D eigenvalue weighted by molar-refractivity contribution is -0.116. The predicted octanol–water partition coefficient (Wildman–Crippen LogP) is 3.19. The molecule has 2 N–H and O–H groups in total. The van der Waals surface area contributed by atoms with Crippen molar-refractivity contribution in [2.45, 2.75) is 40.0 Å². The molecule has 0 aliphatic rings. The van der Waals surface area contributed by atoms with Crippen LogP contribution in [0.25, 0.3) is 0 Å². The molecule has 2 amide bonds. The summed E-state index contributed by atoms with van der Waals surface area (Å²) in [6, 6.07) is 6.75. The minimum absolute atomic E-state index is 0.00409. The lowest BCUT2D eigenvalue weighted by Crippen LogP contribution is -2.18. The maximum Gasteiger partial charge on any atom is 0.271 e. The first-order valence-corrected chi connectivity index (χ1v) is 7.26. The van der Waals surface area contributed by atoms with Crippen LogP contribution in [0.15, 0.2) is 29.4 Å². The minimum atomic E-state index is -0.268. The first kappa shape index (κ1) is 16.9. The third kappa shape index (κ3) is 6.70. The molecule has 0 aliphatic heterocycles. The summed E-state index contributed by atoms with van der Waals surface area (Å²) in [6.45, 7) is 6.00. The summed E-state index contributed by atoms with van der Waals surface area (Å²) in [5, 5.41) is 6.66. The summed E-state index contributed by atoms with van der Waals surface area (Å²) < 4.78 is 0. The molecular weight excluding hydrogens is 266 g/mol. The Kier molecular flexibility index (Phi) is 7.15. The highest BCUT2D eigenvalue weighted by Gasteiger charge is 2.05. The van der Waals surface area contributed by atoms with E-state index in [1.54, 1.807) is 30.5 Å². The van der Waals surface area contributed by atoms with Gasteiger partial charge in [0.2, 0.25) is 5.91 Å². The second-order valence-electron chi connectivity index (χ2n) is 5.19. The Morgan fingerprint density at radius 2 is 1.90 bits per heavy atom. The van der Waals surface area contributed by atoms with Crippen LogP contribution in [0.1, 0.15) is 50.4 Å². The number of benzene rings is 1. The van der Waals surface area contributed by atoms with E-state index in [1.807, 2.05) is 20.8 Å². The molecule has 0 saturated heterocycles. The molecule has 1 aromatic carbocycles. The molecule has 21 heavy (non-hydrogen) atoms. The molecule has 0 saturated carbocycles. The Morgan fingerprint density at radius 1 is 1.24 bits per heavy atom. The molecule has 0 spiro atoms. The van der Waals surface area contributed by atoms with Crippen molar-refractivity contribution in [2.75, 3.05) is 5.32 Å². The summed E-state index contributed by atoms with van der Waals surface area (Å²) in [5.74, 6) is 0.0114. The Balaban J connectivity index is 2.53. The van der Waals surface area contributed by atoms with E-state index in [4.69, 9.17) is 0 Å². The predicted molar refractivity (Wildman–Crippen MR) is 85.4 cm³/mol. The molecule has 1 rings (SSSR count). The largest absolute Gasteiger partial charge is 0.326 e. The van der Waals surface area contributed by atoms with Gasteiger partial charge in [0.1, 0.15) is 0 Å². The summed E-state index contributed by atoms with van der Waals surface area (Å²) in [7, 11) is 0. The molecular formula is C16H23N3O2. The van der Waals surface area contributed by atoms with Crippen molar-refractivity contribution >= 4 is 23.7 Å². The fourth-order valence-electron chi connectivity index (χ4n) is 1.58. The van der Waals surface area contributed by atoms with E-state index in [9.17, 15) is 9.59 Å². The van der Waals surface area contributed by atoms with Crippen LogP contribution in [-0.4, -0.2) is 18.0 Å². The zero-order chi connectivity index (χ0) is 15.7. The number of amides is 2. The lowest BCUT2D eigenvalue weighted by atomic mass is 10.2. The average Bonchev–Trinajstić information content (AvgIpc) is 2.45. The van der Waals surface area contributed by atoms with Crippen LogP contribution in [0.3, 0.4) is 0 Å². The quantitative estimate of drug-likeness (QED) is 0.598. The van der Waals surface area contributed by atoms with Crippen LogP contribution < -0.4 is 10.7 Å². The maximum atomic E-state index is 11.8. The smallest absolute Gasteiger partial charge is 0.271 e. The van der Waals surface area contributed by atoms with Crippen molar-refractivity contribution in [2.24, 2.45) is 11.0 Å². The van der Waals surface area contributed by atoms with Crippen molar-refractivity contribution < 1.29 is 9.59 Å². The minimum Gasteiger partial charge on any atom is -0.326 e. The first-order chi connectivity index (χ1) is 10.0. The van der Waals surface area contributed by atoms with Crippen molar-refractivity contribution in [3.63, 3.8) is 0 Å². The van der Waals surface area contributed by atoms with Crippen molar-refractivity contribution in [1.82, 2.24) is 5.43 Å². The number of unbranched alkanes of at least 4 members (excludes halogenated alkanes) is 1. The van der Waals surface area contributed by atoms with Gasteiger partial charge in [0.15, 0.2) is 0 Å². The molecule has 0 aliphatic carbocycles. The zero-order valence-electron chi connectivity index (χ0n) is 12.8. The highest BCUT2D eigenvalue weighted by Crippen LogP contribution is 2.10. The highest BCUT2D eigenvalue weighted by molar-refractivity contribution is 5.95. The van der Waals surface area contributed by atoms with Gasteiger partial charge < -0.3 is 5.32 Å². The van der Waals surface area contributed by atoms with Crippen LogP contribution >= 0.6 is 0 Å². The van der Waals surface area contributed by atoms with Crippen LogP contribution in [0, 0.1) is 5.92 Å². The molecule has 0 radical (unpaired) electrons. The summed E-state index contributed by atoms with van der Waals surface area (Å²) >= 11 is 0. The van der Waals surface area contributed by atoms with E-state index in [-0.39, 0.29) is 17.7 Å². The second kappa shape index (κ2) is 8.89. The highest BCUT2D eigenvalue weighted by atomic mass is 16.2. The van der Waals surface area contributed by atoms with Gasteiger partial charge in [0.25, 0.3) is 5.91 Å². The maximum absolute atomic E-state index is 11.8. The van der Waals surface area contributed by atoms with Gasteiger partial charge in [-0.3, -0.25) is 9.59 Å². The van der Waals surface area contributed by atoms with Crippen molar-refractivity contribution in [1.29, 1.82) is 0 Å². The molecule has 5 heteroatoms. The fourth-order valence-corrected chi connectivity index (χ4v) is 1.58. The Morgan fingerprint density at radius 3 is 2.48 bits per heavy atom. The summed E-state index contributed by atoms with van der Waals surface area (Å²) in [5.41, 5.74) is 3.66. The number of carbonyl (C=O) groups excluding carboxylic acids is 2. The topological polar surface area (TPSA) is 70.6 Å². The lowest BCUT2D eigenvalue weighted by Gasteiger charge is -2.06. The van der Waals surface area contributed by atoms with Gasteiger partial charge in [-0.25, -0.2) is 5.43 Å². The first-order valence-electron chi connectivity index (χ1n) is 7.26. The van der Waals surface area contributed by atoms with Gasteiger partial charge in [-0.05, 0) is 36.6 Å². The zero-order valence-corrected chi connectivity index (χ0v) is 12.8. The summed E-state index contributed by atoms with van der Waals surface area (Å²) in [4.78, 5) is 23.4. The van der Waals surface area contributed by atoms with Crippen molar-refractivity contribution in [3.8, 4) is 0 Å². The van der Waals surface area contributed by atoms with Crippen LogP contribution in [0.4, 0.5) is 5.69 Å². The van der Waals surface area contributed by atoms with E-state index >= 15 is 0 Å². The molecule has 0 fully saturated rings. The molecule has 0 atom stereocenters. The van der Waals surface area contributed by atoms with E-state index in [0.29, 0.717) is 17.7 Å². The number of hydrogen-bond acceptors (Lipinski definition) is 3. The number of hydrazone groups is 1.